The van der Waals surface area contributed by atoms with Crippen molar-refractivity contribution in [2.45, 2.75) is 39.2 Å². The van der Waals surface area contributed by atoms with E-state index in [-0.39, 0.29) is 6.04 Å². The maximum atomic E-state index is 11.6. The largest absolute Gasteiger partial charge is 0.478 e. The van der Waals surface area contributed by atoms with Gasteiger partial charge in [0, 0.05) is 18.2 Å². The van der Waals surface area contributed by atoms with Gasteiger partial charge in [-0.2, -0.15) is 0 Å². The fourth-order valence-electron chi connectivity index (χ4n) is 2.59. The quantitative estimate of drug-likeness (QED) is 0.672. The molecule has 3 N–H and O–H groups in total. The van der Waals surface area contributed by atoms with E-state index in [0.29, 0.717) is 17.9 Å². The van der Waals surface area contributed by atoms with Crippen LogP contribution in [0.25, 0.3) is 0 Å². The Labute approximate surface area is 112 Å². The van der Waals surface area contributed by atoms with Gasteiger partial charge in [-0.3, -0.25) is 10.1 Å². The summed E-state index contributed by atoms with van der Waals surface area (Å²) in [6, 6.07) is -0.513. The lowest BCUT2D eigenvalue weighted by molar-refractivity contribution is -0.131. The minimum Gasteiger partial charge on any atom is -0.478 e. The molecule has 6 nitrogen and oxygen atoms in total. The van der Waals surface area contributed by atoms with Crippen LogP contribution in [0, 0.1) is 11.8 Å². The Bertz CT molecular complexity index is 382. The van der Waals surface area contributed by atoms with Gasteiger partial charge in [0.15, 0.2) is 0 Å². The molecule has 1 fully saturated rings. The fraction of sp³-hybridized carbons (Fsp3) is 0.615. The smallest absolute Gasteiger partial charge is 0.328 e. The van der Waals surface area contributed by atoms with Crippen LogP contribution in [0.1, 0.15) is 33.1 Å². The van der Waals surface area contributed by atoms with E-state index in [2.05, 4.69) is 24.5 Å². The van der Waals surface area contributed by atoms with E-state index in [4.69, 9.17) is 5.11 Å². The monoisotopic (exact) mass is 268 g/mol. The Hall–Kier alpha value is -1.85. The molecule has 0 aromatic rings. The van der Waals surface area contributed by atoms with Gasteiger partial charge in [-0.05, 0) is 31.1 Å². The van der Waals surface area contributed by atoms with E-state index >= 15 is 0 Å². The molecule has 0 saturated heterocycles. The fourth-order valence-corrected chi connectivity index (χ4v) is 2.59. The van der Waals surface area contributed by atoms with Crippen LogP contribution < -0.4 is 10.6 Å². The maximum Gasteiger partial charge on any atom is 0.328 e. The number of nitrogens with one attached hydrogen (secondary N) is 2. The van der Waals surface area contributed by atoms with Gasteiger partial charge in [0.1, 0.15) is 0 Å². The summed E-state index contributed by atoms with van der Waals surface area (Å²) in [5.74, 6) is -0.865. The Morgan fingerprint density at radius 1 is 1.05 bits per heavy atom. The number of carbonyl (C=O) groups excluding carboxylic acids is 2. The third-order valence-corrected chi connectivity index (χ3v) is 3.13. The van der Waals surface area contributed by atoms with Gasteiger partial charge in [-0.1, -0.05) is 13.8 Å². The molecule has 0 spiro atoms. The molecule has 6 heteroatoms. The predicted molar refractivity (Wildman–Crippen MR) is 69.4 cm³/mol. The lowest BCUT2D eigenvalue weighted by Crippen LogP contribution is -2.46. The number of aliphatic carboxylic acids is 1. The summed E-state index contributed by atoms with van der Waals surface area (Å²) in [6.07, 6.45) is 4.45. The van der Waals surface area contributed by atoms with Gasteiger partial charge in [-0.15, -0.1) is 0 Å². The van der Waals surface area contributed by atoms with E-state index in [0.717, 1.165) is 25.3 Å². The van der Waals surface area contributed by atoms with Crippen LogP contribution in [-0.4, -0.2) is 29.1 Å². The zero-order chi connectivity index (χ0) is 14.4. The number of rotatable bonds is 3. The molecule has 106 valence electrons. The van der Waals surface area contributed by atoms with Crippen molar-refractivity contribution in [3.8, 4) is 0 Å². The molecule has 3 amide bonds. The van der Waals surface area contributed by atoms with Crippen LogP contribution in [0.4, 0.5) is 4.79 Å². The molecule has 0 heterocycles. The predicted octanol–water partition coefficient (Wildman–Crippen LogP) is 1.28. The van der Waals surface area contributed by atoms with Crippen molar-refractivity contribution in [3.63, 3.8) is 0 Å². The van der Waals surface area contributed by atoms with Crippen LogP contribution in [0.15, 0.2) is 12.2 Å². The second-order valence-electron chi connectivity index (χ2n) is 5.25. The number of carboxylic acids is 1. The summed E-state index contributed by atoms with van der Waals surface area (Å²) in [4.78, 5) is 33.0. The molecular formula is C13H20N2O4. The molecule has 0 aromatic heterocycles. The van der Waals surface area contributed by atoms with Crippen molar-refractivity contribution in [2.75, 3.05) is 0 Å². The summed E-state index contributed by atoms with van der Waals surface area (Å²) < 4.78 is 0. The number of hydrogen-bond donors (Lipinski definition) is 3. The SMILES string of the molecule is CC1CC(C)CC(NC(=O)NC(=O)C=CC(=O)O)C1. The van der Waals surface area contributed by atoms with Gasteiger partial charge >= 0.3 is 12.0 Å². The normalized spacial score (nSPS) is 26.9. The molecule has 2 unspecified atom stereocenters. The van der Waals surface area contributed by atoms with E-state index in [1.54, 1.807) is 0 Å². The standard InChI is InChI=1S/C13H20N2O4/c1-8-5-9(2)7-10(6-8)14-13(19)15-11(16)3-4-12(17)18/h3-4,8-10H,5-7H2,1-2H3,(H,17,18)(H2,14,15,16,19). The highest BCUT2D eigenvalue weighted by atomic mass is 16.4. The van der Waals surface area contributed by atoms with Crippen molar-refractivity contribution in [3.05, 3.63) is 12.2 Å². The van der Waals surface area contributed by atoms with E-state index in [1.165, 1.54) is 0 Å². The van der Waals surface area contributed by atoms with Gasteiger partial charge in [-0.25, -0.2) is 9.59 Å². The van der Waals surface area contributed by atoms with Crippen LogP contribution in [-0.2, 0) is 9.59 Å². The van der Waals surface area contributed by atoms with Crippen molar-refractivity contribution in [1.29, 1.82) is 0 Å². The average molecular weight is 268 g/mol. The number of carbonyl (C=O) groups is 3. The van der Waals surface area contributed by atoms with Gasteiger partial charge in [0.2, 0.25) is 0 Å². The highest BCUT2D eigenvalue weighted by Gasteiger charge is 2.25. The highest BCUT2D eigenvalue weighted by Crippen LogP contribution is 2.28. The highest BCUT2D eigenvalue weighted by molar-refractivity contribution is 6.02. The van der Waals surface area contributed by atoms with E-state index in [9.17, 15) is 14.4 Å². The lowest BCUT2D eigenvalue weighted by atomic mass is 9.80. The van der Waals surface area contributed by atoms with Crippen molar-refractivity contribution in [2.24, 2.45) is 11.8 Å². The van der Waals surface area contributed by atoms with Gasteiger partial charge in [0.05, 0.1) is 0 Å². The second-order valence-corrected chi connectivity index (χ2v) is 5.25. The average Bonchev–Trinajstić information content (AvgIpc) is 2.24. The molecule has 1 aliphatic rings. The van der Waals surface area contributed by atoms with E-state index < -0.39 is 17.9 Å². The van der Waals surface area contributed by atoms with Crippen LogP contribution >= 0.6 is 0 Å². The summed E-state index contributed by atoms with van der Waals surface area (Å²) in [5.41, 5.74) is 0. The zero-order valence-electron chi connectivity index (χ0n) is 11.2. The zero-order valence-corrected chi connectivity index (χ0v) is 11.2. The summed E-state index contributed by atoms with van der Waals surface area (Å²) in [7, 11) is 0. The minimum atomic E-state index is -1.23. The van der Waals surface area contributed by atoms with E-state index in [1.807, 2.05) is 0 Å². The van der Waals surface area contributed by atoms with Crippen LogP contribution in [0.3, 0.4) is 0 Å². The molecule has 0 radical (unpaired) electrons. The molecule has 0 bridgehead atoms. The first kappa shape index (κ1) is 15.2. The maximum absolute atomic E-state index is 11.6. The Kier molecular flexibility index (Phi) is 5.54. The number of hydrogen-bond acceptors (Lipinski definition) is 3. The number of urea groups is 1. The van der Waals surface area contributed by atoms with Crippen molar-refractivity contribution in [1.82, 2.24) is 10.6 Å². The molecule has 1 aliphatic carbocycles. The van der Waals surface area contributed by atoms with Crippen molar-refractivity contribution >= 4 is 17.9 Å². The number of imide groups is 1. The molecular weight excluding hydrogens is 248 g/mol. The van der Waals surface area contributed by atoms with Crippen LogP contribution in [0.2, 0.25) is 0 Å². The lowest BCUT2D eigenvalue weighted by Gasteiger charge is -2.31. The topological polar surface area (TPSA) is 95.5 Å². The Balaban J connectivity index is 2.38. The molecule has 0 aliphatic heterocycles. The first-order valence-electron chi connectivity index (χ1n) is 6.39. The molecule has 0 aromatic carbocycles. The second kappa shape index (κ2) is 6.92. The number of carboxylic acid groups (broad SMARTS) is 1. The van der Waals surface area contributed by atoms with Gasteiger partial charge in [0.25, 0.3) is 5.91 Å². The summed E-state index contributed by atoms with van der Waals surface area (Å²) in [5, 5.41) is 13.2. The Morgan fingerprint density at radius 3 is 2.16 bits per heavy atom. The molecule has 2 atom stereocenters. The summed E-state index contributed by atoms with van der Waals surface area (Å²) in [6.45, 7) is 4.28. The first-order chi connectivity index (χ1) is 8.86. The van der Waals surface area contributed by atoms with Gasteiger partial charge < -0.3 is 10.4 Å². The molecule has 1 rings (SSSR count). The van der Waals surface area contributed by atoms with Crippen LogP contribution in [0.5, 0.6) is 0 Å². The molecule has 1 saturated carbocycles. The summed E-state index contributed by atoms with van der Waals surface area (Å²) >= 11 is 0. The third kappa shape index (κ3) is 6.03. The Morgan fingerprint density at radius 2 is 1.63 bits per heavy atom. The number of amides is 3. The minimum absolute atomic E-state index is 0.0648. The first-order valence-corrected chi connectivity index (χ1v) is 6.39. The van der Waals surface area contributed by atoms with Crippen molar-refractivity contribution < 1.29 is 19.5 Å². The third-order valence-electron chi connectivity index (χ3n) is 3.13. The molecule has 19 heavy (non-hydrogen) atoms.